The van der Waals surface area contributed by atoms with Gasteiger partial charge in [-0.1, -0.05) is 6.07 Å². The maximum atomic E-state index is 14.0. The third-order valence-corrected chi connectivity index (χ3v) is 5.04. The second-order valence-corrected chi connectivity index (χ2v) is 7.46. The molecule has 1 saturated heterocycles. The lowest BCUT2D eigenvalue weighted by atomic mass is 9.95. The van der Waals surface area contributed by atoms with Gasteiger partial charge in [-0.05, 0) is 39.8 Å². The van der Waals surface area contributed by atoms with Crippen molar-refractivity contribution in [2.24, 2.45) is 0 Å². The Morgan fingerprint density at radius 2 is 2.13 bits per heavy atom. The van der Waals surface area contributed by atoms with E-state index in [1.807, 2.05) is 27.7 Å². The van der Waals surface area contributed by atoms with Crippen LogP contribution < -0.4 is 10.8 Å². The standard InChI is InChI=1S/C17H26FN3O2/c1-12-10-20(11-13-5-6-14(19)9-15(13)18)7-8-21(12,16(22)23)17(2,3)4/h5-6,9,12H,7-8,10-11,19H2,1-4H3/t12-,21?/m0/s1. The molecule has 2 atom stereocenters. The van der Waals surface area contributed by atoms with Crippen molar-refractivity contribution < 1.29 is 18.8 Å². The molecule has 5 nitrogen and oxygen atoms in total. The first-order valence-corrected chi connectivity index (χ1v) is 7.93. The number of carbonyl (C=O) groups is 1. The van der Waals surface area contributed by atoms with Gasteiger partial charge in [-0.2, -0.15) is 0 Å². The number of halogens is 1. The van der Waals surface area contributed by atoms with Crippen molar-refractivity contribution in [3.05, 3.63) is 29.6 Å². The summed E-state index contributed by atoms with van der Waals surface area (Å²) in [4.78, 5) is 13.9. The maximum Gasteiger partial charge on any atom is 0.258 e. The Hall–Kier alpha value is -1.66. The number of benzene rings is 1. The molecule has 1 aliphatic heterocycles. The van der Waals surface area contributed by atoms with Crippen molar-refractivity contribution in [2.75, 3.05) is 25.4 Å². The summed E-state index contributed by atoms with van der Waals surface area (Å²) >= 11 is 0. The number of nitrogens with two attached hydrogens (primary N) is 1. The van der Waals surface area contributed by atoms with Crippen LogP contribution in [0.5, 0.6) is 0 Å². The Balaban J connectivity index is 2.16. The largest absolute Gasteiger partial charge is 0.498 e. The molecule has 1 aliphatic rings. The number of amides is 1. The van der Waals surface area contributed by atoms with Gasteiger partial charge in [0.1, 0.15) is 11.9 Å². The van der Waals surface area contributed by atoms with Gasteiger partial charge in [0, 0.05) is 24.3 Å². The average molecular weight is 323 g/mol. The zero-order chi connectivity index (χ0) is 17.4. The SMILES string of the molecule is C[C@H]1CN(Cc2ccc(N)cc2F)CC[N+]1(C(=O)[O-])C(C)(C)C. The minimum absolute atomic E-state index is 0.0757. The number of piperazine rings is 1. The molecular weight excluding hydrogens is 297 g/mol. The highest BCUT2D eigenvalue weighted by Crippen LogP contribution is 2.32. The minimum atomic E-state index is -1.04. The van der Waals surface area contributed by atoms with E-state index in [1.54, 1.807) is 12.1 Å². The van der Waals surface area contributed by atoms with Crippen LogP contribution in [0.3, 0.4) is 0 Å². The first-order chi connectivity index (χ1) is 10.6. The van der Waals surface area contributed by atoms with E-state index in [0.717, 1.165) is 0 Å². The number of quaternary nitrogens is 1. The van der Waals surface area contributed by atoms with Crippen molar-refractivity contribution in [3.8, 4) is 0 Å². The van der Waals surface area contributed by atoms with Crippen molar-refractivity contribution in [1.82, 2.24) is 4.90 Å². The van der Waals surface area contributed by atoms with Crippen molar-refractivity contribution in [1.29, 1.82) is 0 Å². The molecule has 1 amide bonds. The van der Waals surface area contributed by atoms with E-state index in [4.69, 9.17) is 5.73 Å². The predicted octanol–water partition coefficient (Wildman–Crippen LogP) is 1.57. The molecular formula is C17H26FN3O2. The third kappa shape index (κ3) is 3.19. The molecule has 0 spiro atoms. The van der Waals surface area contributed by atoms with Gasteiger partial charge in [-0.25, -0.2) is 4.39 Å². The van der Waals surface area contributed by atoms with Gasteiger partial charge in [-0.3, -0.25) is 9.38 Å². The zero-order valence-electron chi connectivity index (χ0n) is 14.3. The number of hydrogen-bond acceptors (Lipinski definition) is 4. The zero-order valence-corrected chi connectivity index (χ0v) is 14.3. The Morgan fingerprint density at radius 1 is 1.48 bits per heavy atom. The predicted molar refractivity (Wildman–Crippen MR) is 85.8 cm³/mol. The van der Waals surface area contributed by atoms with Gasteiger partial charge in [0.25, 0.3) is 6.09 Å². The smallest absolute Gasteiger partial charge is 0.258 e. The van der Waals surface area contributed by atoms with Crippen LogP contribution in [0, 0.1) is 5.82 Å². The number of nitrogen functional groups attached to an aromatic ring is 1. The number of hydrogen-bond donors (Lipinski definition) is 1. The van der Waals surface area contributed by atoms with E-state index in [1.165, 1.54) is 6.07 Å². The number of nitrogens with zero attached hydrogens (tertiary/aromatic N) is 2. The lowest BCUT2D eigenvalue weighted by molar-refractivity contribution is -0.943. The van der Waals surface area contributed by atoms with Gasteiger partial charge in [0.15, 0.2) is 0 Å². The highest BCUT2D eigenvalue weighted by atomic mass is 19.1. The Morgan fingerprint density at radius 3 is 2.61 bits per heavy atom. The Labute approximate surface area is 137 Å². The van der Waals surface area contributed by atoms with E-state index < -0.39 is 11.6 Å². The van der Waals surface area contributed by atoms with Gasteiger partial charge in [-0.15, -0.1) is 0 Å². The van der Waals surface area contributed by atoms with Crippen molar-refractivity contribution in [2.45, 2.75) is 45.8 Å². The molecule has 1 aromatic carbocycles. The summed E-state index contributed by atoms with van der Waals surface area (Å²) in [6, 6.07) is 4.56. The average Bonchev–Trinajstić information content (AvgIpc) is 2.40. The molecule has 0 aromatic heterocycles. The molecule has 2 N–H and O–H groups in total. The molecule has 1 fully saturated rings. The summed E-state index contributed by atoms with van der Waals surface area (Å²) in [5.74, 6) is -0.320. The Kier molecular flexibility index (Phi) is 4.69. The molecule has 0 saturated carbocycles. The second-order valence-electron chi connectivity index (χ2n) is 7.46. The Bertz CT molecular complexity index is 600. The van der Waals surface area contributed by atoms with E-state index in [9.17, 15) is 14.3 Å². The summed E-state index contributed by atoms with van der Waals surface area (Å²) < 4.78 is 13.9. The van der Waals surface area contributed by atoms with Crippen molar-refractivity contribution >= 4 is 11.8 Å². The van der Waals surface area contributed by atoms with Crippen LogP contribution in [0.1, 0.15) is 33.3 Å². The summed E-state index contributed by atoms with van der Waals surface area (Å²) in [7, 11) is 0. The summed E-state index contributed by atoms with van der Waals surface area (Å²) in [6.45, 7) is 9.76. The van der Waals surface area contributed by atoms with Gasteiger partial charge >= 0.3 is 0 Å². The van der Waals surface area contributed by atoms with Gasteiger partial charge in [0.2, 0.25) is 0 Å². The highest BCUT2D eigenvalue weighted by molar-refractivity contribution is 5.55. The van der Waals surface area contributed by atoms with Crippen LogP contribution in [0.2, 0.25) is 0 Å². The molecule has 1 aromatic rings. The van der Waals surface area contributed by atoms with Gasteiger partial charge in [0.05, 0.1) is 18.6 Å². The normalized spacial score (nSPS) is 26.2. The first kappa shape index (κ1) is 17.7. The minimum Gasteiger partial charge on any atom is -0.498 e. The van der Waals surface area contributed by atoms with Crippen LogP contribution in [0.15, 0.2) is 18.2 Å². The molecule has 0 aliphatic carbocycles. The van der Waals surface area contributed by atoms with E-state index in [0.29, 0.717) is 37.4 Å². The fourth-order valence-electron chi connectivity index (χ4n) is 3.74. The van der Waals surface area contributed by atoms with E-state index in [2.05, 4.69) is 4.90 Å². The fourth-order valence-corrected chi connectivity index (χ4v) is 3.74. The molecule has 1 heterocycles. The van der Waals surface area contributed by atoms with Crippen LogP contribution in [0.4, 0.5) is 14.9 Å². The lowest BCUT2D eigenvalue weighted by Gasteiger charge is -2.55. The molecule has 128 valence electrons. The van der Waals surface area contributed by atoms with Crippen LogP contribution >= 0.6 is 0 Å². The monoisotopic (exact) mass is 323 g/mol. The van der Waals surface area contributed by atoms with Crippen LogP contribution in [-0.2, 0) is 6.54 Å². The highest BCUT2D eigenvalue weighted by Gasteiger charge is 2.49. The molecule has 2 rings (SSSR count). The molecule has 0 bridgehead atoms. The fraction of sp³-hybridized carbons (Fsp3) is 0.588. The molecule has 1 unspecified atom stereocenters. The molecule has 6 heteroatoms. The lowest BCUT2D eigenvalue weighted by Crippen LogP contribution is -2.76. The summed E-state index contributed by atoms with van der Waals surface area (Å²) in [5, 5.41) is 11.9. The number of carbonyl (C=O) groups excluding carboxylic acids is 1. The van der Waals surface area contributed by atoms with E-state index >= 15 is 0 Å². The first-order valence-electron chi connectivity index (χ1n) is 7.93. The quantitative estimate of drug-likeness (QED) is 0.662. The number of anilines is 1. The summed E-state index contributed by atoms with van der Waals surface area (Å²) in [6.07, 6.45) is -1.04. The molecule has 0 radical (unpaired) electrons. The van der Waals surface area contributed by atoms with E-state index in [-0.39, 0.29) is 16.3 Å². The van der Waals surface area contributed by atoms with Gasteiger partial charge < -0.3 is 15.6 Å². The number of rotatable bonds is 2. The topological polar surface area (TPSA) is 69.4 Å². The van der Waals surface area contributed by atoms with Crippen molar-refractivity contribution in [3.63, 3.8) is 0 Å². The third-order valence-electron chi connectivity index (χ3n) is 5.04. The molecule has 23 heavy (non-hydrogen) atoms. The number of carboxylic acid groups (broad SMARTS) is 1. The van der Waals surface area contributed by atoms with Crippen LogP contribution in [-0.4, -0.2) is 46.7 Å². The maximum absolute atomic E-state index is 14.0. The van der Waals surface area contributed by atoms with Crippen LogP contribution in [0.25, 0.3) is 0 Å². The summed E-state index contributed by atoms with van der Waals surface area (Å²) in [5.41, 5.74) is 6.10. The second kappa shape index (κ2) is 6.09.